The second-order valence-electron chi connectivity index (χ2n) is 6.94. The molecule has 0 heterocycles. The summed E-state index contributed by atoms with van der Waals surface area (Å²) in [4.78, 5) is 11.8. The second kappa shape index (κ2) is 15.3. The number of carbonyl (C=O) groups is 1. The summed E-state index contributed by atoms with van der Waals surface area (Å²) in [5.41, 5.74) is 0. The van der Waals surface area contributed by atoms with Crippen LogP contribution in [0, 0.1) is 0 Å². The molecular weight excluding hydrogens is 323 g/mol. The van der Waals surface area contributed by atoms with Gasteiger partial charge >= 0.3 is 0 Å². The lowest BCUT2D eigenvalue weighted by Gasteiger charge is -2.25. The van der Waals surface area contributed by atoms with Gasteiger partial charge in [0.1, 0.15) is 6.10 Å². The Hall–Kier alpha value is -0.0200. The molecule has 0 aliphatic rings. The summed E-state index contributed by atoms with van der Waals surface area (Å²) in [7, 11) is 1.96. The number of hydrogen-bond acceptors (Lipinski definition) is 4. The molecule has 0 aromatic carbocycles. The zero-order valence-corrected chi connectivity index (χ0v) is 16.7. The van der Waals surface area contributed by atoms with Crippen LogP contribution in [-0.2, 0) is 4.79 Å². The van der Waals surface area contributed by atoms with Crippen molar-refractivity contribution in [1.29, 1.82) is 0 Å². The zero-order chi connectivity index (χ0) is 18.3. The molecule has 0 amide bonds. The predicted molar refractivity (Wildman–Crippen MR) is 103 cm³/mol. The van der Waals surface area contributed by atoms with Crippen molar-refractivity contribution in [2.24, 2.45) is 0 Å². The lowest BCUT2D eigenvalue weighted by atomic mass is 10.0. The van der Waals surface area contributed by atoms with Crippen molar-refractivity contribution in [2.45, 2.75) is 108 Å². The summed E-state index contributed by atoms with van der Waals surface area (Å²) in [6.45, 7) is 1.63. The first-order valence-electron chi connectivity index (χ1n) is 9.80. The first-order chi connectivity index (χ1) is 11.5. The molecule has 0 spiro atoms. The number of ketones is 1. The third-order valence-electron chi connectivity index (χ3n) is 4.64. The molecule has 24 heavy (non-hydrogen) atoms. The quantitative estimate of drug-likeness (QED) is 0.270. The van der Waals surface area contributed by atoms with Crippen molar-refractivity contribution in [3.05, 3.63) is 0 Å². The highest BCUT2D eigenvalue weighted by Gasteiger charge is 2.37. The Labute approximate surface area is 150 Å². The Kier molecular flexibility index (Phi) is 15.2. The third kappa shape index (κ3) is 11.5. The van der Waals surface area contributed by atoms with Crippen LogP contribution in [-0.4, -0.2) is 39.2 Å². The van der Waals surface area contributed by atoms with Gasteiger partial charge < -0.3 is 15.3 Å². The maximum absolute atomic E-state index is 11.8. The smallest absolute Gasteiger partial charge is 0.170 e. The van der Waals surface area contributed by atoms with Gasteiger partial charge in [-0.2, -0.15) is 0 Å². The van der Waals surface area contributed by atoms with Crippen molar-refractivity contribution < 1.29 is 20.1 Å². The van der Waals surface area contributed by atoms with Crippen LogP contribution in [0.2, 0.25) is 0 Å². The molecule has 3 N–H and O–H groups in total. The van der Waals surface area contributed by atoms with Crippen molar-refractivity contribution >= 4 is 15.0 Å². The fourth-order valence-electron chi connectivity index (χ4n) is 2.83. The van der Waals surface area contributed by atoms with Gasteiger partial charge in [0, 0.05) is 6.42 Å². The van der Waals surface area contributed by atoms with Gasteiger partial charge in [-0.1, -0.05) is 93.2 Å². The van der Waals surface area contributed by atoms with Gasteiger partial charge in [-0.25, -0.2) is 0 Å². The SMILES string of the molecule is CCCCCCCCCCCCCCCC(=O)C(O)(P)C(O)CO. The molecule has 0 radical (unpaired) electrons. The standard InChI is InChI=1S/C19H39O4P/c1-2-3-4-5-6-7-8-9-10-11-12-13-14-15-17(21)19(23,24)18(22)16-20/h18,20,22-23H,2-16,24H2,1H3. The average molecular weight is 362 g/mol. The van der Waals surface area contributed by atoms with E-state index in [9.17, 15) is 15.0 Å². The van der Waals surface area contributed by atoms with Gasteiger partial charge in [0.15, 0.2) is 11.1 Å². The van der Waals surface area contributed by atoms with Crippen LogP contribution in [0.1, 0.15) is 96.8 Å². The van der Waals surface area contributed by atoms with Gasteiger partial charge in [0.25, 0.3) is 0 Å². The predicted octanol–water partition coefficient (Wildman–Crippen LogP) is 3.95. The molecule has 0 aromatic heterocycles. The van der Waals surface area contributed by atoms with Crippen molar-refractivity contribution in [3.63, 3.8) is 0 Å². The number of hydrogen-bond donors (Lipinski definition) is 3. The molecule has 3 unspecified atom stereocenters. The molecule has 0 rings (SSSR count). The molecule has 5 heteroatoms. The van der Waals surface area contributed by atoms with Crippen LogP contribution < -0.4 is 0 Å². The topological polar surface area (TPSA) is 77.8 Å². The number of aliphatic hydroxyl groups is 3. The van der Waals surface area contributed by atoms with Crippen molar-refractivity contribution in [3.8, 4) is 0 Å². The minimum Gasteiger partial charge on any atom is -0.394 e. The molecule has 0 aromatic rings. The monoisotopic (exact) mass is 362 g/mol. The lowest BCUT2D eigenvalue weighted by Crippen LogP contribution is -2.45. The fraction of sp³-hybridized carbons (Fsp3) is 0.947. The Morgan fingerprint density at radius 1 is 0.875 bits per heavy atom. The highest BCUT2D eigenvalue weighted by Crippen LogP contribution is 2.23. The van der Waals surface area contributed by atoms with Crippen LogP contribution in [0.3, 0.4) is 0 Å². The van der Waals surface area contributed by atoms with E-state index in [2.05, 4.69) is 6.92 Å². The number of aliphatic hydroxyl groups excluding tert-OH is 2. The summed E-state index contributed by atoms with van der Waals surface area (Å²) < 4.78 is 0. The van der Waals surface area contributed by atoms with Gasteiger partial charge in [0.2, 0.25) is 0 Å². The summed E-state index contributed by atoms with van der Waals surface area (Å²) in [5, 5.41) is 26.2. The Morgan fingerprint density at radius 3 is 1.62 bits per heavy atom. The lowest BCUT2D eigenvalue weighted by molar-refractivity contribution is -0.139. The Balaban J connectivity index is 3.41. The van der Waals surface area contributed by atoms with Crippen LogP contribution in [0.15, 0.2) is 0 Å². The van der Waals surface area contributed by atoms with E-state index in [4.69, 9.17) is 5.11 Å². The van der Waals surface area contributed by atoms with E-state index in [1.807, 2.05) is 9.24 Å². The molecule has 0 aliphatic carbocycles. The summed E-state index contributed by atoms with van der Waals surface area (Å²) in [6, 6.07) is 0. The molecule has 0 saturated heterocycles. The molecular formula is C19H39O4P. The summed E-state index contributed by atoms with van der Waals surface area (Å²) in [5.74, 6) is -0.419. The summed E-state index contributed by atoms with van der Waals surface area (Å²) in [6.07, 6.45) is 14.9. The first kappa shape index (κ1) is 24.0. The van der Waals surface area contributed by atoms with Crippen LogP contribution in [0.5, 0.6) is 0 Å². The third-order valence-corrected chi connectivity index (χ3v) is 5.34. The number of carbonyl (C=O) groups excluding carboxylic acids is 1. The van der Waals surface area contributed by atoms with Gasteiger partial charge in [-0.3, -0.25) is 4.79 Å². The summed E-state index contributed by atoms with van der Waals surface area (Å²) >= 11 is 0. The minimum atomic E-state index is -1.91. The maximum atomic E-state index is 11.8. The highest BCUT2D eigenvalue weighted by molar-refractivity contribution is 7.20. The Morgan fingerprint density at radius 2 is 1.25 bits per heavy atom. The van der Waals surface area contributed by atoms with E-state index in [1.54, 1.807) is 0 Å². The van der Waals surface area contributed by atoms with Crippen molar-refractivity contribution in [1.82, 2.24) is 0 Å². The van der Waals surface area contributed by atoms with E-state index in [0.29, 0.717) is 0 Å². The molecule has 3 atom stereocenters. The van der Waals surface area contributed by atoms with Crippen LogP contribution >= 0.6 is 9.24 Å². The first-order valence-corrected chi connectivity index (χ1v) is 10.4. The minimum absolute atomic E-state index is 0.245. The fourth-order valence-corrected chi connectivity index (χ4v) is 3.08. The maximum Gasteiger partial charge on any atom is 0.170 e. The largest absolute Gasteiger partial charge is 0.394 e. The number of rotatable bonds is 17. The van der Waals surface area contributed by atoms with Crippen LogP contribution in [0.4, 0.5) is 0 Å². The zero-order valence-electron chi connectivity index (χ0n) is 15.5. The molecule has 0 aliphatic heterocycles. The van der Waals surface area contributed by atoms with E-state index in [0.717, 1.165) is 19.3 Å². The van der Waals surface area contributed by atoms with Crippen LogP contribution in [0.25, 0.3) is 0 Å². The molecule has 0 fully saturated rings. The number of unbranched alkanes of at least 4 members (excludes halogenated alkanes) is 12. The molecule has 0 saturated carbocycles. The molecule has 0 bridgehead atoms. The highest BCUT2D eigenvalue weighted by atomic mass is 31.0. The van der Waals surface area contributed by atoms with E-state index in [-0.39, 0.29) is 6.42 Å². The van der Waals surface area contributed by atoms with E-state index < -0.39 is 23.8 Å². The van der Waals surface area contributed by atoms with Gasteiger partial charge in [-0.05, 0) is 6.42 Å². The average Bonchev–Trinajstić information content (AvgIpc) is 2.57. The van der Waals surface area contributed by atoms with Gasteiger partial charge in [0.05, 0.1) is 6.61 Å². The van der Waals surface area contributed by atoms with Crippen molar-refractivity contribution in [2.75, 3.05) is 6.61 Å². The molecule has 4 nitrogen and oxygen atoms in total. The van der Waals surface area contributed by atoms with E-state index >= 15 is 0 Å². The molecule has 144 valence electrons. The number of Topliss-reactive ketones (excluding diaryl/α,β-unsaturated/α-hetero) is 1. The Bertz CT molecular complexity index is 308. The van der Waals surface area contributed by atoms with E-state index in [1.165, 1.54) is 64.2 Å². The normalized spacial score (nSPS) is 15.2. The second-order valence-corrected chi connectivity index (χ2v) is 7.82. The van der Waals surface area contributed by atoms with Gasteiger partial charge in [-0.15, -0.1) is 0 Å².